The number of nitrogens with two attached hydrogens (primary N) is 1. The molecule has 3 heterocycles. The van der Waals surface area contributed by atoms with Crippen molar-refractivity contribution in [1.82, 2.24) is 19.2 Å². The number of nitrogens with zero attached hydrogens (tertiary/aromatic N) is 5. The van der Waals surface area contributed by atoms with Gasteiger partial charge < -0.3 is 25.1 Å². The maximum absolute atomic E-state index is 13.7. The number of alkyl halides is 3. The van der Waals surface area contributed by atoms with Gasteiger partial charge in [0.25, 0.3) is 0 Å². The zero-order valence-corrected chi connectivity index (χ0v) is 27.0. The second kappa shape index (κ2) is 15.1. The largest absolute Gasteiger partial charge is 0.462 e. The molecule has 11 nitrogen and oxygen atoms in total. The summed E-state index contributed by atoms with van der Waals surface area (Å²) < 4.78 is 67.1. The summed E-state index contributed by atoms with van der Waals surface area (Å²) in [7, 11) is 0. The third kappa shape index (κ3) is 8.36. The summed E-state index contributed by atoms with van der Waals surface area (Å²) in [5.41, 5.74) is 5.65. The number of aromatic nitrogens is 3. The van der Waals surface area contributed by atoms with E-state index < -0.39 is 29.1 Å². The third-order valence-electron chi connectivity index (χ3n) is 7.61. The van der Waals surface area contributed by atoms with Crippen LogP contribution in [0.2, 0.25) is 5.02 Å². The lowest BCUT2D eigenvalue weighted by atomic mass is 10.0. The first-order valence-electron chi connectivity index (χ1n) is 15.1. The first-order chi connectivity index (χ1) is 23.3. The number of hydrogen-bond acceptors (Lipinski definition) is 9. The molecule has 2 aromatic heterocycles. The number of halogens is 5. The molecule has 258 valence electrons. The minimum Gasteiger partial charge on any atom is -0.462 e. The van der Waals surface area contributed by atoms with Gasteiger partial charge in [-0.2, -0.15) is 18.3 Å². The quantitative estimate of drug-likeness (QED) is 0.120. The predicted molar refractivity (Wildman–Crippen MR) is 179 cm³/mol. The Labute approximate surface area is 282 Å². The molecule has 0 radical (unpaired) electrons. The van der Waals surface area contributed by atoms with Crippen molar-refractivity contribution in [2.75, 3.05) is 44.8 Å². The third-order valence-corrected chi connectivity index (χ3v) is 7.90. The van der Waals surface area contributed by atoms with Gasteiger partial charge in [-0.3, -0.25) is 9.69 Å². The van der Waals surface area contributed by atoms with Crippen LogP contribution in [0.3, 0.4) is 0 Å². The number of allylic oxidation sites excluding steroid dienone is 1. The van der Waals surface area contributed by atoms with Gasteiger partial charge in [0.1, 0.15) is 23.0 Å². The van der Waals surface area contributed by atoms with Gasteiger partial charge in [-0.05, 0) is 48.9 Å². The Balaban J connectivity index is 1.60. The summed E-state index contributed by atoms with van der Waals surface area (Å²) in [5.74, 6) is -1.64. The molecule has 1 aliphatic rings. The Hall–Kier alpha value is -4.99. The number of carbonyl (C=O) groups excluding carboxylic acids is 1. The van der Waals surface area contributed by atoms with Crippen molar-refractivity contribution in [2.24, 2.45) is 10.7 Å². The van der Waals surface area contributed by atoms with Crippen molar-refractivity contribution in [2.45, 2.75) is 19.6 Å². The van der Waals surface area contributed by atoms with Crippen molar-refractivity contribution >= 4 is 51.8 Å². The van der Waals surface area contributed by atoms with E-state index >= 15 is 0 Å². The SMILES string of the molecule is C=C(/N=C\C(=C(/N)n1ccc(C(F)(F)F)n1)c1ccc2c(c1)c(=O)c(C(=O)OCC)cn2CCN1CCOCC1)Nc1ccc(F)c(Cl)c1. The Morgan fingerprint density at radius 2 is 1.94 bits per heavy atom. The summed E-state index contributed by atoms with van der Waals surface area (Å²) in [4.78, 5) is 33.1. The number of nitrogens with one attached hydrogen (secondary N) is 1. The molecular weight excluding hydrogens is 670 g/mol. The molecule has 2 aromatic carbocycles. The fraction of sp³-hybridized carbons (Fsp3) is 0.273. The van der Waals surface area contributed by atoms with Gasteiger partial charge in [-0.25, -0.2) is 18.9 Å². The van der Waals surface area contributed by atoms with Crippen molar-refractivity contribution in [1.29, 1.82) is 0 Å². The van der Waals surface area contributed by atoms with E-state index in [9.17, 15) is 27.2 Å². The molecule has 0 amide bonds. The summed E-state index contributed by atoms with van der Waals surface area (Å²) in [6.07, 6.45) is -0.988. The molecule has 0 saturated carbocycles. The molecule has 1 saturated heterocycles. The number of pyridine rings is 1. The summed E-state index contributed by atoms with van der Waals surface area (Å²) >= 11 is 5.87. The zero-order valence-electron chi connectivity index (χ0n) is 26.3. The highest BCUT2D eigenvalue weighted by molar-refractivity contribution is 6.31. The van der Waals surface area contributed by atoms with Crippen molar-refractivity contribution in [3.8, 4) is 0 Å². The van der Waals surface area contributed by atoms with Crippen LogP contribution in [0.25, 0.3) is 22.3 Å². The van der Waals surface area contributed by atoms with Crippen LogP contribution in [0.5, 0.6) is 0 Å². The number of rotatable bonds is 11. The normalized spacial score (nSPS) is 14.7. The predicted octanol–water partition coefficient (Wildman–Crippen LogP) is 5.46. The first kappa shape index (κ1) is 35.3. The van der Waals surface area contributed by atoms with Crippen LogP contribution < -0.4 is 16.5 Å². The lowest BCUT2D eigenvalue weighted by Gasteiger charge is -2.27. The number of aliphatic imine (C=N–C) groups is 1. The van der Waals surface area contributed by atoms with E-state index in [1.165, 1.54) is 30.6 Å². The highest BCUT2D eigenvalue weighted by Gasteiger charge is 2.34. The Bertz CT molecular complexity index is 2000. The number of fused-ring (bicyclic) bond motifs is 1. The molecule has 4 aromatic rings. The number of hydrogen-bond donors (Lipinski definition) is 2. The lowest BCUT2D eigenvalue weighted by molar-refractivity contribution is -0.141. The minimum absolute atomic E-state index is 0.0419. The second-order valence-electron chi connectivity index (χ2n) is 10.9. The number of morpholine rings is 1. The topological polar surface area (TPSA) is 129 Å². The van der Waals surface area contributed by atoms with Crippen LogP contribution in [0.15, 0.2) is 77.0 Å². The lowest BCUT2D eigenvalue weighted by Crippen LogP contribution is -2.38. The van der Waals surface area contributed by atoms with Gasteiger partial charge >= 0.3 is 12.1 Å². The van der Waals surface area contributed by atoms with Crippen LogP contribution in [0.1, 0.15) is 28.5 Å². The minimum atomic E-state index is -4.73. The molecule has 0 aliphatic carbocycles. The monoisotopic (exact) mass is 701 g/mol. The first-order valence-corrected chi connectivity index (χ1v) is 15.5. The fourth-order valence-electron chi connectivity index (χ4n) is 5.11. The molecule has 1 aliphatic heterocycles. The van der Waals surface area contributed by atoms with Gasteiger partial charge in [-0.1, -0.05) is 24.2 Å². The van der Waals surface area contributed by atoms with E-state index in [1.54, 1.807) is 23.6 Å². The van der Waals surface area contributed by atoms with Crippen LogP contribution in [0, 0.1) is 5.82 Å². The van der Waals surface area contributed by atoms with Gasteiger partial charge in [0, 0.05) is 61.4 Å². The van der Waals surface area contributed by atoms with E-state index in [0.29, 0.717) is 37.5 Å². The molecular formula is C33H32ClF4N7O4. The standard InChI is InChI=1S/C33H32ClF4N7O4/c1-3-49-32(47)25-19-44(11-10-43-12-14-48-15-13-43)28-7-4-21(16-23(28)30(25)46)24(31(39)45-9-8-29(42-45)33(36,37)38)18-40-20(2)41-22-5-6-27(35)26(34)17-22/h4-9,16-19,41H,2-3,10-15,39H2,1H3/b31-24-,40-18-. The zero-order chi connectivity index (χ0) is 35.3. The molecule has 0 bridgehead atoms. The summed E-state index contributed by atoms with van der Waals surface area (Å²) in [6.45, 7) is 9.21. The van der Waals surface area contributed by atoms with E-state index in [0.717, 1.165) is 36.1 Å². The Kier molecular flexibility index (Phi) is 10.9. The van der Waals surface area contributed by atoms with Crippen LogP contribution in [-0.2, 0) is 22.2 Å². The van der Waals surface area contributed by atoms with E-state index in [2.05, 4.69) is 26.9 Å². The maximum Gasteiger partial charge on any atom is 0.435 e. The molecule has 1 fully saturated rings. The van der Waals surface area contributed by atoms with Crippen molar-refractivity contribution in [3.63, 3.8) is 0 Å². The second-order valence-corrected chi connectivity index (χ2v) is 11.3. The molecule has 49 heavy (non-hydrogen) atoms. The average molecular weight is 702 g/mol. The number of carbonyl (C=O) groups is 1. The molecule has 0 spiro atoms. The summed E-state index contributed by atoms with van der Waals surface area (Å²) in [5, 5.41) is 6.42. The highest BCUT2D eigenvalue weighted by atomic mass is 35.5. The van der Waals surface area contributed by atoms with Gasteiger partial charge in [0.05, 0.1) is 30.4 Å². The van der Waals surface area contributed by atoms with Crippen molar-refractivity contribution in [3.05, 3.63) is 105 Å². The van der Waals surface area contributed by atoms with E-state index in [4.69, 9.17) is 26.8 Å². The number of ether oxygens (including phenoxy) is 2. The maximum atomic E-state index is 13.7. The van der Waals surface area contributed by atoms with Gasteiger partial charge in [0.15, 0.2) is 5.69 Å². The molecule has 3 N–H and O–H groups in total. The molecule has 0 atom stereocenters. The molecule has 5 rings (SSSR count). The smallest absolute Gasteiger partial charge is 0.435 e. The Morgan fingerprint density at radius 1 is 1.18 bits per heavy atom. The van der Waals surface area contributed by atoms with Gasteiger partial charge in [0.2, 0.25) is 5.43 Å². The molecule has 16 heteroatoms. The Morgan fingerprint density at radius 3 is 2.61 bits per heavy atom. The number of esters is 1. The molecule has 0 unspecified atom stereocenters. The van der Waals surface area contributed by atoms with Gasteiger partial charge in [-0.15, -0.1) is 0 Å². The number of benzene rings is 2. The van der Waals surface area contributed by atoms with Crippen LogP contribution >= 0.6 is 11.6 Å². The fourth-order valence-corrected chi connectivity index (χ4v) is 5.30. The summed E-state index contributed by atoms with van der Waals surface area (Å²) in [6, 6.07) is 9.38. The van der Waals surface area contributed by atoms with E-state index in [1.807, 2.05) is 0 Å². The van der Waals surface area contributed by atoms with Crippen LogP contribution in [0.4, 0.5) is 23.2 Å². The highest BCUT2D eigenvalue weighted by Crippen LogP contribution is 2.29. The van der Waals surface area contributed by atoms with E-state index in [-0.39, 0.29) is 45.4 Å². The van der Waals surface area contributed by atoms with Crippen molar-refractivity contribution < 1.29 is 31.8 Å². The van der Waals surface area contributed by atoms with Crippen LogP contribution in [-0.4, -0.2) is 70.9 Å². The average Bonchev–Trinajstić information content (AvgIpc) is 3.58. The number of anilines is 1.